The Labute approximate surface area is 385 Å². The molecule has 0 unspecified atom stereocenters. The van der Waals surface area contributed by atoms with Gasteiger partial charge in [-0.05, 0) is 140 Å². The van der Waals surface area contributed by atoms with Gasteiger partial charge in [0.25, 0.3) is 0 Å². The molecular weight excluding hydrogens is 861 g/mol. The van der Waals surface area contributed by atoms with Gasteiger partial charge in [-0.25, -0.2) is 0 Å². The van der Waals surface area contributed by atoms with Gasteiger partial charge in [0.2, 0.25) is 0 Å². The Kier molecular flexibility index (Phi) is 16.9. The van der Waals surface area contributed by atoms with Gasteiger partial charge in [-0.2, -0.15) is 23.5 Å². The molecular formula is C51H62O8S2Si2. The molecule has 0 spiro atoms. The van der Waals surface area contributed by atoms with Crippen LogP contribution in [-0.4, -0.2) is 96.5 Å². The van der Waals surface area contributed by atoms with Crippen LogP contribution < -0.4 is 9.47 Å². The fourth-order valence-electron chi connectivity index (χ4n) is 8.92. The average molecular weight is 923 g/mol. The van der Waals surface area contributed by atoms with E-state index in [0.29, 0.717) is 13.2 Å². The van der Waals surface area contributed by atoms with Crippen molar-refractivity contribution in [2.75, 3.05) is 78.9 Å². The van der Waals surface area contributed by atoms with Crippen molar-refractivity contribution < 1.29 is 36.0 Å². The molecule has 8 nitrogen and oxygen atoms in total. The summed E-state index contributed by atoms with van der Waals surface area (Å²) >= 11 is 3.87. The van der Waals surface area contributed by atoms with Crippen LogP contribution in [-0.2, 0) is 32.0 Å². The van der Waals surface area contributed by atoms with Crippen LogP contribution in [0.2, 0.25) is 12.1 Å². The van der Waals surface area contributed by atoms with Gasteiger partial charge < -0.3 is 36.0 Å². The molecule has 12 heteroatoms. The second-order valence-electron chi connectivity index (χ2n) is 15.7. The molecule has 0 saturated heterocycles. The van der Waals surface area contributed by atoms with Gasteiger partial charge in [-0.15, -0.1) is 0 Å². The Hall–Kier alpha value is -3.67. The lowest BCUT2D eigenvalue weighted by Crippen LogP contribution is -2.42. The predicted molar refractivity (Wildman–Crippen MR) is 266 cm³/mol. The number of rotatable bonds is 26. The second-order valence-corrected chi connectivity index (χ2v) is 24.3. The first kappa shape index (κ1) is 47.3. The number of thioether (sulfide) groups is 2. The summed E-state index contributed by atoms with van der Waals surface area (Å²) < 4.78 is 45.8. The number of benzene rings is 6. The molecule has 0 fully saturated rings. The maximum Gasteiger partial charge on any atom is 0.500 e. The number of hydrogen-bond acceptors (Lipinski definition) is 10. The molecule has 1 aliphatic carbocycles. The average Bonchev–Trinajstić information content (AvgIpc) is 3.64. The van der Waals surface area contributed by atoms with Crippen molar-refractivity contribution in [3.05, 3.63) is 144 Å². The van der Waals surface area contributed by atoms with Gasteiger partial charge >= 0.3 is 17.6 Å². The molecule has 0 aliphatic heterocycles. The van der Waals surface area contributed by atoms with Crippen molar-refractivity contribution in [1.29, 1.82) is 0 Å². The Morgan fingerprint density at radius 3 is 1.19 bits per heavy atom. The van der Waals surface area contributed by atoms with E-state index < -0.39 is 23.0 Å². The van der Waals surface area contributed by atoms with E-state index >= 15 is 0 Å². The highest BCUT2D eigenvalue weighted by molar-refractivity contribution is 7.99. The van der Waals surface area contributed by atoms with Crippen LogP contribution in [0.15, 0.2) is 121 Å². The summed E-state index contributed by atoms with van der Waals surface area (Å²) in [5.74, 6) is 5.96. The Bertz CT molecular complexity index is 2220. The van der Waals surface area contributed by atoms with Crippen molar-refractivity contribution in [2.45, 2.75) is 43.2 Å². The minimum Gasteiger partial charge on any atom is -0.494 e. The topological polar surface area (TPSA) is 73.8 Å². The second kappa shape index (κ2) is 22.5. The summed E-state index contributed by atoms with van der Waals surface area (Å²) in [6.07, 6.45) is 3.96. The normalized spacial score (nSPS) is 13.4. The highest BCUT2D eigenvalue weighted by Crippen LogP contribution is 2.56. The minimum absolute atomic E-state index is 0.504. The van der Waals surface area contributed by atoms with Crippen molar-refractivity contribution in [3.63, 3.8) is 0 Å². The van der Waals surface area contributed by atoms with Crippen LogP contribution in [0.5, 0.6) is 11.5 Å². The van der Waals surface area contributed by atoms with Gasteiger partial charge in [0.1, 0.15) is 11.5 Å². The molecule has 7 rings (SSSR count). The highest BCUT2D eigenvalue weighted by Gasteiger charge is 2.46. The summed E-state index contributed by atoms with van der Waals surface area (Å²) in [5, 5.41) is 4.70. The first-order chi connectivity index (χ1) is 30.9. The third kappa shape index (κ3) is 10.6. The monoisotopic (exact) mass is 922 g/mol. The van der Waals surface area contributed by atoms with E-state index in [1.807, 2.05) is 23.5 Å². The Morgan fingerprint density at radius 1 is 0.413 bits per heavy atom. The largest absolute Gasteiger partial charge is 0.500 e. The van der Waals surface area contributed by atoms with Crippen molar-refractivity contribution in [2.24, 2.45) is 0 Å². The summed E-state index contributed by atoms with van der Waals surface area (Å²) in [5.41, 5.74) is 7.15. The summed E-state index contributed by atoms with van der Waals surface area (Å²) in [4.78, 5) is 0. The number of hydrogen-bond donors (Lipinski definition) is 0. The van der Waals surface area contributed by atoms with Gasteiger partial charge in [-0.1, -0.05) is 84.9 Å². The fourth-order valence-corrected chi connectivity index (χ4v) is 14.6. The molecule has 63 heavy (non-hydrogen) atoms. The van der Waals surface area contributed by atoms with E-state index in [1.165, 1.54) is 44.2 Å². The third-order valence-electron chi connectivity index (χ3n) is 12.3. The number of ether oxygens (including phenoxy) is 2. The minimum atomic E-state index is -2.50. The zero-order chi connectivity index (χ0) is 44.1. The van der Waals surface area contributed by atoms with E-state index in [9.17, 15) is 0 Å². The van der Waals surface area contributed by atoms with Crippen molar-refractivity contribution >= 4 is 62.7 Å². The van der Waals surface area contributed by atoms with Crippen LogP contribution in [0, 0.1) is 0 Å². The Balaban J connectivity index is 1.04. The molecule has 0 heterocycles. The Morgan fingerprint density at radius 2 is 0.778 bits per heavy atom. The van der Waals surface area contributed by atoms with Crippen LogP contribution in [0.4, 0.5) is 0 Å². The number of fused-ring (bicyclic) bond motifs is 5. The van der Waals surface area contributed by atoms with E-state index in [1.54, 1.807) is 42.7 Å². The van der Waals surface area contributed by atoms with E-state index in [2.05, 4.69) is 121 Å². The molecule has 0 amide bonds. The summed E-state index contributed by atoms with van der Waals surface area (Å²) in [7, 11) is 5.04. The van der Waals surface area contributed by atoms with Crippen molar-refractivity contribution in [3.8, 4) is 22.6 Å². The molecule has 6 aromatic rings. The zero-order valence-electron chi connectivity index (χ0n) is 37.6. The standard InChI is InChI=1S/C51H62O8S2Si2/c1-52-62(53-2,54-3)33-13-31-60-29-11-27-58-45-25-21-39-35-43(23-19-41(39)37-45)51(49-17-9-7-15-47(49)48-16-8-10-18-50(48)51)44-24-20-42-38-46(26-22-40(42)36-44)59-28-12-30-61-32-14-34-63(55-4,56-5)57-6/h7-10,15-26,35-38H,11-14,27-34H2,1-6H3. The molecule has 0 atom stereocenters. The SMILES string of the molecule is CO[Si](CCCSCCCOc1ccc2cc(C3(c4ccc5cc(OCCCSCCC[Si](OC)(OC)OC)ccc5c4)c4ccccc4-c4ccccc43)ccc2c1)(OC)OC. The maximum atomic E-state index is 6.27. The van der Waals surface area contributed by atoms with E-state index in [-0.39, 0.29) is 0 Å². The predicted octanol–water partition coefficient (Wildman–Crippen LogP) is 11.9. The van der Waals surface area contributed by atoms with E-state index in [0.717, 1.165) is 83.1 Å². The smallest absolute Gasteiger partial charge is 0.494 e. The van der Waals surface area contributed by atoms with Gasteiger partial charge in [0, 0.05) is 54.7 Å². The van der Waals surface area contributed by atoms with E-state index in [4.69, 9.17) is 36.0 Å². The molecule has 334 valence electrons. The van der Waals surface area contributed by atoms with Gasteiger partial charge in [0.05, 0.1) is 18.6 Å². The van der Waals surface area contributed by atoms with Gasteiger partial charge in [-0.3, -0.25) is 0 Å². The molecule has 0 saturated carbocycles. The quantitative estimate of drug-likeness (QED) is 0.0387. The first-order valence-corrected chi connectivity index (χ1v) is 28.1. The molecule has 0 radical (unpaired) electrons. The fraction of sp³-hybridized carbons (Fsp3) is 0.373. The third-order valence-corrected chi connectivity index (χ3v) is 20.2. The lowest BCUT2D eigenvalue weighted by atomic mass is 9.67. The van der Waals surface area contributed by atoms with Gasteiger partial charge in [0.15, 0.2) is 0 Å². The van der Waals surface area contributed by atoms with Crippen LogP contribution in [0.25, 0.3) is 32.7 Å². The molecule has 6 aromatic carbocycles. The maximum absolute atomic E-state index is 6.27. The molecule has 0 bridgehead atoms. The van der Waals surface area contributed by atoms with Crippen molar-refractivity contribution in [1.82, 2.24) is 0 Å². The first-order valence-electron chi connectivity index (χ1n) is 21.9. The summed E-state index contributed by atoms with van der Waals surface area (Å²) in [6.45, 7) is 1.36. The van der Waals surface area contributed by atoms with Crippen LogP contribution >= 0.6 is 23.5 Å². The van der Waals surface area contributed by atoms with Crippen LogP contribution in [0.1, 0.15) is 47.9 Å². The van der Waals surface area contributed by atoms with Crippen LogP contribution in [0.3, 0.4) is 0 Å². The zero-order valence-corrected chi connectivity index (χ0v) is 41.2. The lowest BCUT2D eigenvalue weighted by Gasteiger charge is -2.34. The molecule has 1 aliphatic rings. The highest BCUT2D eigenvalue weighted by atomic mass is 32.2. The lowest BCUT2D eigenvalue weighted by molar-refractivity contribution is 0.123. The molecule has 0 aromatic heterocycles. The summed E-state index contributed by atoms with van der Waals surface area (Å²) in [6, 6.07) is 46.4. The molecule has 0 N–H and O–H groups in total.